The van der Waals surface area contributed by atoms with Crippen LogP contribution in [0.1, 0.15) is 11.4 Å². The third-order valence-electron chi connectivity index (χ3n) is 3.46. The van der Waals surface area contributed by atoms with Gasteiger partial charge in [0.25, 0.3) is 5.89 Å². The average Bonchev–Trinajstić information content (AvgIpc) is 2.88. The molecular weight excluding hydrogens is 320 g/mol. The van der Waals surface area contributed by atoms with Crippen LogP contribution in [0.25, 0.3) is 11.5 Å². The highest BCUT2D eigenvalue weighted by Crippen LogP contribution is 2.24. The van der Waals surface area contributed by atoms with Crippen LogP contribution >= 0.6 is 15.9 Å². The monoisotopic (exact) mass is 336 g/mol. The predicted molar refractivity (Wildman–Crippen MR) is 80.3 cm³/mol. The zero-order chi connectivity index (χ0) is 13.9. The molecule has 1 aliphatic rings. The quantitative estimate of drug-likeness (QED) is 0.931. The number of piperazine rings is 1. The Hall–Kier alpha value is -1.24. The summed E-state index contributed by atoms with van der Waals surface area (Å²) in [6.07, 6.45) is 0. The number of hydrogen-bond acceptors (Lipinski definition) is 5. The average molecular weight is 337 g/mol. The van der Waals surface area contributed by atoms with Gasteiger partial charge >= 0.3 is 0 Å². The molecule has 0 aliphatic carbocycles. The van der Waals surface area contributed by atoms with E-state index in [1.54, 1.807) is 0 Å². The van der Waals surface area contributed by atoms with Gasteiger partial charge in [-0.15, -0.1) is 0 Å². The van der Waals surface area contributed by atoms with Gasteiger partial charge in [-0.1, -0.05) is 21.1 Å². The van der Waals surface area contributed by atoms with E-state index in [-0.39, 0.29) is 0 Å². The minimum absolute atomic E-state index is 0.597. The number of rotatable bonds is 3. The van der Waals surface area contributed by atoms with Crippen molar-refractivity contribution in [2.24, 2.45) is 0 Å². The zero-order valence-corrected chi connectivity index (χ0v) is 13.0. The van der Waals surface area contributed by atoms with E-state index in [0.29, 0.717) is 5.89 Å². The Balaban J connectivity index is 1.75. The first-order valence-corrected chi connectivity index (χ1v) is 7.54. The maximum Gasteiger partial charge on any atom is 0.258 e. The summed E-state index contributed by atoms with van der Waals surface area (Å²) < 4.78 is 6.45. The second kappa shape index (κ2) is 6.03. The minimum Gasteiger partial charge on any atom is -0.334 e. The lowest BCUT2D eigenvalue weighted by molar-refractivity contribution is 0.225. The second-order valence-electron chi connectivity index (χ2n) is 5.00. The van der Waals surface area contributed by atoms with E-state index in [9.17, 15) is 0 Å². The zero-order valence-electron chi connectivity index (χ0n) is 11.4. The van der Waals surface area contributed by atoms with Gasteiger partial charge in [0.1, 0.15) is 0 Å². The molecule has 5 nitrogen and oxygen atoms in total. The molecule has 0 saturated carbocycles. The van der Waals surface area contributed by atoms with Gasteiger partial charge in [-0.2, -0.15) is 4.98 Å². The summed E-state index contributed by atoms with van der Waals surface area (Å²) in [5.41, 5.74) is 2.11. The van der Waals surface area contributed by atoms with Crippen LogP contribution in [0.15, 0.2) is 27.2 Å². The van der Waals surface area contributed by atoms with Gasteiger partial charge in [-0.3, -0.25) is 4.90 Å². The molecule has 2 aromatic rings. The lowest BCUT2D eigenvalue weighted by Crippen LogP contribution is -2.43. The molecular formula is C14H17BrN4O. The van der Waals surface area contributed by atoms with Crippen molar-refractivity contribution in [3.8, 4) is 11.5 Å². The molecule has 1 fully saturated rings. The summed E-state index contributed by atoms with van der Waals surface area (Å²) in [6, 6.07) is 6.04. The normalized spacial score (nSPS) is 16.5. The van der Waals surface area contributed by atoms with Crippen LogP contribution in [-0.4, -0.2) is 41.2 Å². The van der Waals surface area contributed by atoms with E-state index < -0.39 is 0 Å². The van der Waals surface area contributed by atoms with Gasteiger partial charge < -0.3 is 9.84 Å². The molecule has 2 heterocycles. The third kappa shape index (κ3) is 3.08. The molecule has 3 rings (SSSR count). The Kier molecular flexibility index (Phi) is 4.14. The van der Waals surface area contributed by atoms with Crippen molar-refractivity contribution < 1.29 is 4.52 Å². The number of aromatic nitrogens is 2. The standard InChI is InChI=1S/C14H17BrN4O/c1-10-8-11(15)2-3-12(10)14-17-13(18-20-14)9-19-6-4-16-5-7-19/h2-3,8,16H,4-7,9H2,1H3. The molecule has 6 heteroatoms. The fraction of sp³-hybridized carbons (Fsp3) is 0.429. The van der Waals surface area contributed by atoms with E-state index in [1.807, 2.05) is 19.1 Å². The molecule has 1 aromatic carbocycles. The van der Waals surface area contributed by atoms with Crippen molar-refractivity contribution in [2.75, 3.05) is 26.2 Å². The lowest BCUT2D eigenvalue weighted by Gasteiger charge is -2.25. The Morgan fingerprint density at radius 2 is 2.15 bits per heavy atom. The molecule has 20 heavy (non-hydrogen) atoms. The molecule has 106 valence electrons. The topological polar surface area (TPSA) is 54.2 Å². The molecule has 1 N–H and O–H groups in total. The summed E-state index contributed by atoms with van der Waals surface area (Å²) >= 11 is 3.46. The Morgan fingerprint density at radius 1 is 1.35 bits per heavy atom. The first-order chi connectivity index (χ1) is 9.72. The summed E-state index contributed by atoms with van der Waals surface area (Å²) in [5, 5.41) is 7.42. The molecule has 0 amide bonds. The van der Waals surface area contributed by atoms with Crippen molar-refractivity contribution >= 4 is 15.9 Å². The van der Waals surface area contributed by atoms with E-state index in [4.69, 9.17) is 4.52 Å². The Bertz CT molecular complexity index is 593. The van der Waals surface area contributed by atoms with Gasteiger partial charge in [-0.05, 0) is 30.7 Å². The summed E-state index contributed by atoms with van der Waals surface area (Å²) in [5.74, 6) is 1.35. The van der Waals surface area contributed by atoms with Crippen LogP contribution in [0.3, 0.4) is 0 Å². The number of aryl methyl sites for hydroxylation is 1. The molecule has 0 radical (unpaired) electrons. The second-order valence-corrected chi connectivity index (χ2v) is 5.92. The maximum atomic E-state index is 5.39. The highest BCUT2D eigenvalue weighted by Gasteiger charge is 2.15. The lowest BCUT2D eigenvalue weighted by atomic mass is 10.1. The first kappa shape index (κ1) is 13.7. The maximum absolute atomic E-state index is 5.39. The van der Waals surface area contributed by atoms with Gasteiger partial charge in [0, 0.05) is 36.2 Å². The Labute approximate surface area is 126 Å². The van der Waals surface area contributed by atoms with Crippen molar-refractivity contribution in [1.82, 2.24) is 20.4 Å². The fourth-order valence-electron chi connectivity index (χ4n) is 2.36. The number of hydrogen-bond donors (Lipinski definition) is 1. The van der Waals surface area contributed by atoms with Crippen molar-refractivity contribution in [3.05, 3.63) is 34.1 Å². The fourth-order valence-corrected chi connectivity index (χ4v) is 2.84. The molecule has 1 aromatic heterocycles. The summed E-state index contributed by atoms with van der Waals surface area (Å²) in [7, 11) is 0. The van der Waals surface area contributed by atoms with Crippen LogP contribution in [0, 0.1) is 6.92 Å². The Morgan fingerprint density at radius 3 is 2.90 bits per heavy atom. The van der Waals surface area contributed by atoms with E-state index in [2.05, 4.69) is 42.4 Å². The molecule has 1 aliphatic heterocycles. The van der Waals surface area contributed by atoms with Crippen molar-refractivity contribution in [3.63, 3.8) is 0 Å². The number of nitrogens with one attached hydrogen (secondary N) is 1. The van der Waals surface area contributed by atoms with Crippen molar-refractivity contribution in [1.29, 1.82) is 0 Å². The summed E-state index contributed by atoms with van der Waals surface area (Å²) in [4.78, 5) is 6.84. The predicted octanol–water partition coefficient (Wildman–Crippen LogP) is 2.21. The largest absolute Gasteiger partial charge is 0.334 e. The molecule has 1 saturated heterocycles. The van der Waals surface area contributed by atoms with Crippen LogP contribution in [0.4, 0.5) is 0 Å². The molecule has 0 atom stereocenters. The van der Waals surface area contributed by atoms with Crippen molar-refractivity contribution in [2.45, 2.75) is 13.5 Å². The van der Waals surface area contributed by atoms with Crippen LogP contribution in [0.2, 0.25) is 0 Å². The minimum atomic E-state index is 0.597. The molecule has 0 bridgehead atoms. The third-order valence-corrected chi connectivity index (χ3v) is 3.95. The van der Waals surface area contributed by atoms with Crippen LogP contribution in [-0.2, 0) is 6.54 Å². The van der Waals surface area contributed by atoms with E-state index >= 15 is 0 Å². The first-order valence-electron chi connectivity index (χ1n) is 6.74. The molecule has 0 spiro atoms. The molecule has 0 unspecified atom stereocenters. The van der Waals surface area contributed by atoms with E-state index in [0.717, 1.165) is 54.1 Å². The highest BCUT2D eigenvalue weighted by molar-refractivity contribution is 9.10. The van der Waals surface area contributed by atoms with Crippen LogP contribution < -0.4 is 5.32 Å². The number of benzene rings is 1. The van der Waals surface area contributed by atoms with Gasteiger partial charge in [-0.25, -0.2) is 0 Å². The summed E-state index contributed by atoms with van der Waals surface area (Å²) in [6.45, 7) is 6.90. The number of nitrogens with zero attached hydrogens (tertiary/aromatic N) is 3. The highest BCUT2D eigenvalue weighted by atomic mass is 79.9. The van der Waals surface area contributed by atoms with Gasteiger partial charge in [0.15, 0.2) is 5.82 Å². The SMILES string of the molecule is Cc1cc(Br)ccc1-c1nc(CN2CCNCC2)no1. The number of halogens is 1. The van der Waals surface area contributed by atoms with Gasteiger partial charge in [0.05, 0.1) is 6.54 Å². The van der Waals surface area contributed by atoms with E-state index in [1.165, 1.54) is 0 Å². The van der Waals surface area contributed by atoms with Gasteiger partial charge in [0.2, 0.25) is 0 Å². The smallest absolute Gasteiger partial charge is 0.258 e. The van der Waals surface area contributed by atoms with Crippen LogP contribution in [0.5, 0.6) is 0 Å².